The van der Waals surface area contributed by atoms with E-state index in [1.165, 1.54) is 25.2 Å². The molecule has 2 aromatic carbocycles. The average molecular weight is 460 g/mol. The van der Waals surface area contributed by atoms with Crippen molar-refractivity contribution in [3.05, 3.63) is 64.2 Å². The van der Waals surface area contributed by atoms with Crippen molar-refractivity contribution in [2.75, 3.05) is 27.4 Å². The number of hydrogen-bond acceptors (Lipinski definition) is 6. The quantitative estimate of drug-likeness (QED) is 0.361. The summed E-state index contributed by atoms with van der Waals surface area (Å²) in [7, 11) is 3.00. The van der Waals surface area contributed by atoms with Gasteiger partial charge >= 0.3 is 0 Å². The van der Waals surface area contributed by atoms with Gasteiger partial charge in [0.15, 0.2) is 0 Å². The van der Waals surface area contributed by atoms with E-state index >= 15 is 0 Å². The maximum Gasteiger partial charge on any atom is 0.295 e. The number of aliphatic hydroxyl groups is 1. The van der Waals surface area contributed by atoms with Crippen LogP contribution in [0.15, 0.2) is 48.0 Å². The molecule has 3 rings (SSSR count). The third-order valence-electron chi connectivity index (χ3n) is 5.05. The first kappa shape index (κ1) is 23.6. The second-order valence-corrected chi connectivity index (χ2v) is 7.98. The zero-order valence-corrected chi connectivity index (χ0v) is 19.2. The van der Waals surface area contributed by atoms with Gasteiger partial charge in [-0.2, -0.15) is 0 Å². The van der Waals surface area contributed by atoms with Crippen molar-refractivity contribution in [3.63, 3.8) is 0 Å². The molecule has 7 nitrogen and oxygen atoms in total. The normalized spacial score (nSPS) is 17.8. The Kier molecular flexibility index (Phi) is 7.43. The van der Waals surface area contributed by atoms with Crippen LogP contribution >= 0.6 is 11.6 Å². The fourth-order valence-electron chi connectivity index (χ4n) is 3.65. The predicted molar refractivity (Wildman–Crippen MR) is 121 cm³/mol. The summed E-state index contributed by atoms with van der Waals surface area (Å²) in [6.45, 7) is 4.23. The maximum absolute atomic E-state index is 13.0. The number of ketones is 1. The summed E-state index contributed by atoms with van der Waals surface area (Å²) in [6.07, 6.45) is -0.0495. The van der Waals surface area contributed by atoms with Crippen molar-refractivity contribution >= 4 is 29.1 Å². The predicted octanol–water partition coefficient (Wildman–Crippen LogP) is 4.20. The van der Waals surface area contributed by atoms with Gasteiger partial charge in [-0.25, -0.2) is 0 Å². The number of nitrogens with zero attached hydrogens (tertiary/aromatic N) is 1. The van der Waals surface area contributed by atoms with Gasteiger partial charge < -0.3 is 24.2 Å². The molecule has 1 fully saturated rings. The van der Waals surface area contributed by atoms with Gasteiger partial charge in [-0.15, -0.1) is 0 Å². The van der Waals surface area contributed by atoms with Gasteiger partial charge in [0.1, 0.15) is 17.3 Å². The molecule has 0 aromatic heterocycles. The van der Waals surface area contributed by atoms with E-state index in [9.17, 15) is 14.7 Å². The zero-order valence-electron chi connectivity index (χ0n) is 18.4. The number of likely N-dealkylation sites (tertiary alicyclic amines) is 1. The highest BCUT2D eigenvalue weighted by Crippen LogP contribution is 2.41. The van der Waals surface area contributed by atoms with Crippen molar-refractivity contribution < 1.29 is 28.9 Å². The largest absolute Gasteiger partial charge is 0.507 e. The van der Waals surface area contributed by atoms with Crippen molar-refractivity contribution in [2.24, 2.45) is 0 Å². The van der Waals surface area contributed by atoms with E-state index in [1.807, 2.05) is 13.8 Å². The Balaban J connectivity index is 2.15. The van der Waals surface area contributed by atoms with Crippen LogP contribution in [0.2, 0.25) is 5.02 Å². The van der Waals surface area contributed by atoms with Gasteiger partial charge in [-0.3, -0.25) is 9.59 Å². The molecule has 1 unspecified atom stereocenters. The number of rotatable bonds is 8. The molecule has 1 N–H and O–H groups in total. The van der Waals surface area contributed by atoms with Gasteiger partial charge in [0, 0.05) is 19.2 Å². The number of Topliss-reactive ketones (excluding diaryl/α,β-unsaturated/α-hetero) is 1. The monoisotopic (exact) mass is 459 g/mol. The molecule has 2 aromatic rings. The average Bonchev–Trinajstić information content (AvgIpc) is 3.01. The number of benzene rings is 2. The standard InChI is InChI=1S/C24H26ClNO6/c1-14(2)32-17-7-5-6-15(12-17)21-20(23(28)24(29)26(21)10-11-30-3)22(27)16-8-9-19(31-4)18(25)13-16/h5-9,12-14,21,27H,10-11H2,1-4H3/b22-20+. The topological polar surface area (TPSA) is 85.3 Å². The Hall–Kier alpha value is -3.03. The first-order valence-electron chi connectivity index (χ1n) is 10.2. The van der Waals surface area contributed by atoms with E-state index in [-0.39, 0.29) is 35.6 Å². The van der Waals surface area contributed by atoms with Crippen LogP contribution in [0.5, 0.6) is 11.5 Å². The fourth-order valence-corrected chi connectivity index (χ4v) is 3.90. The van der Waals surface area contributed by atoms with Crippen LogP contribution < -0.4 is 9.47 Å². The molecular formula is C24H26ClNO6. The smallest absolute Gasteiger partial charge is 0.295 e. The highest BCUT2D eigenvalue weighted by atomic mass is 35.5. The lowest BCUT2D eigenvalue weighted by Crippen LogP contribution is -2.32. The Morgan fingerprint density at radius 1 is 1.16 bits per heavy atom. The number of ether oxygens (including phenoxy) is 3. The minimum atomic E-state index is -0.804. The first-order chi connectivity index (χ1) is 15.3. The number of amides is 1. The van der Waals surface area contributed by atoms with Gasteiger partial charge in [-0.1, -0.05) is 23.7 Å². The summed E-state index contributed by atoms with van der Waals surface area (Å²) in [5.74, 6) is -0.761. The second-order valence-electron chi connectivity index (χ2n) is 7.57. The Morgan fingerprint density at radius 2 is 1.91 bits per heavy atom. The molecule has 1 atom stereocenters. The number of aliphatic hydroxyl groups excluding tert-OH is 1. The lowest BCUT2D eigenvalue weighted by atomic mass is 9.95. The van der Waals surface area contributed by atoms with Gasteiger partial charge in [0.05, 0.1) is 36.5 Å². The Morgan fingerprint density at radius 3 is 2.53 bits per heavy atom. The van der Waals surface area contributed by atoms with Crippen LogP contribution in [-0.2, 0) is 14.3 Å². The van der Waals surface area contributed by atoms with Crippen molar-refractivity contribution in [2.45, 2.75) is 26.0 Å². The molecule has 170 valence electrons. The van der Waals surface area contributed by atoms with Crippen LogP contribution in [0.4, 0.5) is 0 Å². The zero-order chi connectivity index (χ0) is 23.4. The van der Waals surface area contributed by atoms with Crippen LogP contribution in [0.25, 0.3) is 5.76 Å². The van der Waals surface area contributed by atoms with Crippen LogP contribution in [0, 0.1) is 0 Å². The molecule has 0 saturated carbocycles. The molecule has 1 aliphatic rings. The fraction of sp³-hybridized carbons (Fsp3) is 0.333. The summed E-state index contributed by atoms with van der Waals surface area (Å²) in [5, 5.41) is 11.4. The number of carbonyl (C=O) groups is 2. The number of halogens is 1. The van der Waals surface area contributed by atoms with Crippen LogP contribution in [0.1, 0.15) is 31.0 Å². The minimum absolute atomic E-state index is 0.0194. The molecule has 8 heteroatoms. The molecule has 1 heterocycles. The van der Waals surface area contributed by atoms with Crippen molar-refractivity contribution in [1.82, 2.24) is 4.90 Å². The molecule has 1 saturated heterocycles. The highest BCUT2D eigenvalue weighted by Gasteiger charge is 2.46. The number of hydrogen-bond donors (Lipinski definition) is 1. The summed E-state index contributed by atoms with van der Waals surface area (Å²) in [5.41, 5.74) is 0.925. The van der Waals surface area contributed by atoms with Crippen LogP contribution in [-0.4, -0.2) is 55.2 Å². The number of methoxy groups -OCH3 is 2. The Bertz CT molecular complexity index is 1050. The summed E-state index contributed by atoms with van der Waals surface area (Å²) in [6, 6.07) is 11.0. The SMILES string of the molecule is COCCN1C(=O)C(=O)/C(=C(/O)c2ccc(OC)c(Cl)c2)C1c1cccc(OC(C)C)c1. The summed E-state index contributed by atoms with van der Waals surface area (Å²) < 4.78 is 16.1. The molecule has 1 amide bonds. The van der Waals surface area contributed by atoms with Gasteiger partial charge in [0.2, 0.25) is 0 Å². The summed E-state index contributed by atoms with van der Waals surface area (Å²) >= 11 is 6.21. The van der Waals surface area contributed by atoms with E-state index in [0.29, 0.717) is 22.6 Å². The first-order valence-corrected chi connectivity index (χ1v) is 10.5. The summed E-state index contributed by atoms with van der Waals surface area (Å²) in [4.78, 5) is 27.3. The van der Waals surface area contributed by atoms with Gasteiger partial charge in [-0.05, 0) is 49.7 Å². The number of carbonyl (C=O) groups excluding carboxylic acids is 2. The van der Waals surface area contributed by atoms with Crippen molar-refractivity contribution in [3.8, 4) is 11.5 Å². The Labute approximate surface area is 192 Å². The van der Waals surface area contributed by atoms with Crippen LogP contribution in [0.3, 0.4) is 0 Å². The minimum Gasteiger partial charge on any atom is -0.507 e. The third-order valence-corrected chi connectivity index (χ3v) is 5.34. The lowest BCUT2D eigenvalue weighted by molar-refractivity contribution is -0.140. The van der Waals surface area contributed by atoms with Crippen molar-refractivity contribution in [1.29, 1.82) is 0 Å². The molecule has 0 spiro atoms. The molecule has 0 aliphatic carbocycles. The maximum atomic E-state index is 13.0. The van der Waals surface area contributed by atoms with E-state index in [0.717, 1.165) is 0 Å². The lowest BCUT2D eigenvalue weighted by Gasteiger charge is -2.25. The van der Waals surface area contributed by atoms with E-state index in [2.05, 4.69) is 0 Å². The second kappa shape index (κ2) is 10.1. The molecular weight excluding hydrogens is 434 g/mol. The molecule has 1 aliphatic heterocycles. The van der Waals surface area contributed by atoms with Gasteiger partial charge in [0.25, 0.3) is 11.7 Å². The highest BCUT2D eigenvalue weighted by molar-refractivity contribution is 6.46. The molecule has 0 bridgehead atoms. The van der Waals surface area contributed by atoms with E-state index < -0.39 is 17.7 Å². The van der Waals surface area contributed by atoms with E-state index in [1.54, 1.807) is 36.4 Å². The van der Waals surface area contributed by atoms with E-state index in [4.69, 9.17) is 25.8 Å². The molecule has 0 radical (unpaired) electrons. The third kappa shape index (κ3) is 4.74. The molecule has 32 heavy (non-hydrogen) atoms.